The predicted molar refractivity (Wildman–Crippen MR) is 61.4 cm³/mol. The Bertz CT molecular complexity index is 501. The average molecular weight is 204 g/mol. The second kappa shape index (κ2) is 2.72. The van der Waals surface area contributed by atoms with Crippen LogP contribution in [0.1, 0.15) is 10.4 Å². The number of nitrogen functional groups attached to an aromatic ring is 1. The minimum atomic E-state index is 0.868. The molecule has 1 aromatic carbocycles. The molecule has 0 aliphatic carbocycles. The van der Waals surface area contributed by atoms with Gasteiger partial charge in [0, 0.05) is 28.4 Å². The lowest BCUT2D eigenvalue weighted by Gasteiger charge is -2.05. The zero-order chi connectivity index (χ0) is 9.71. The molecule has 3 heteroatoms. The van der Waals surface area contributed by atoms with Crippen LogP contribution in [0.2, 0.25) is 0 Å². The summed E-state index contributed by atoms with van der Waals surface area (Å²) < 4.78 is 1.37. The molecule has 0 radical (unpaired) electrons. The van der Waals surface area contributed by atoms with E-state index in [1.165, 1.54) is 20.5 Å². The highest BCUT2D eigenvalue weighted by Gasteiger charge is 2.20. The van der Waals surface area contributed by atoms with Gasteiger partial charge >= 0.3 is 0 Å². The number of hydrogen-bond donors (Lipinski definition) is 1. The van der Waals surface area contributed by atoms with Gasteiger partial charge in [0.25, 0.3) is 0 Å². The van der Waals surface area contributed by atoms with Crippen molar-refractivity contribution < 1.29 is 0 Å². The second-order valence-electron chi connectivity index (χ2n) is 3.93. The standard InChI is InChI=1S/C11H12N2S/c1-13-5-9-8-4-7(12)2-3-10(8)14-11(9)6-13/h2-4H,5-6,12H2,1H3. The molecule has 0 saturated carbocycles. The Kier molecular flexibility index (Phi) is 1.60. The zero-order valence-electron chi connectivity index (χ0n) is 8.08. The third-order valence-corrected chi connectivity index (χ3v) is 3.94. The van der Waals surface area contributed by atoms with Crippen molar-refractivity contribution in [3.05, 3.63) is 28.6 Å². The number of thiophene rings is 1. The van der Waals surface area contributed by atoms with Crippen LogP contribution in [-0.4, -0.2) is 11.9 Å². The molecule has 14 heavy (non-hydrogen) atoms. The molecule has 0 atom stereocenters. The van der Waals surface area contributed by atoms with Crippen molar-refractivity contribution in [3.63, 3.8) is 0 Å². The van der Waals surface area contributed by atoms with Gasteiger partial charge in [-0.1, -0.05) is 0 Å². The highest BCUT2D eigenvalue weighted by atomic mass is 32.1. The van der Waals surface area contributed by atoms with Gasteiger partial charge in [-0.2, -0.15) is 0 Å². The van der Waals surface area contributed by atoms with Gasteiger partial charge in [0.1, 0.15) is 0 Å². The fourth-order valence-corrected chi connectivity index (χ4v) is 3.37. The van der Waals surface area contributed by atoms with Crippen LogP contribution < -0.4 is 5.73 Å². The Balaban J connectivity index is 2.30. The van der Waals surface area contributed by atoms with Crippen LogP contribution in [0.3, 0.4) is 0 Å². The van der Waals surface area contributed by atoms with E-state index in [4.69, 9.17) is 5.73 Å². The van der Waals surface area contributed by atoms with Crippen LogP contribution in [0, 0.1) is 0 Å². The van der Waals surface area contributed by atoms with Crippen molar-refractivity contribution in [1.82, 2.24) is 4.90 Å². The number of benzene rings is 1. The normalized spacial score (nSPS) is 16.4. The molecule has 2 aromatic rings. The summed E-state index contributed by atoms with van der Waals surface area (Å²) in [6.45, 7) is 2.16. The van der Waals surface area contributed by atoms with Crippen LogP contribution in [0.4, 0.5) is 5.69 Å². The topological polar surface area (TPSA) is 29.3 Å². The quantitative estimate of drug-likeness (QED) is 0.668. The lowest BCUT2D eigenvalue weighted by Crippen LogP contribution is -2.07. The zero-order valence-corrected chi connectivity index (χ0v) is 8.90. The van der Waals surface area contributed by atoms with E-state index in [-0.39, 0.29) is 0 Å². The molecular weight excluding hydrogens is 192 g/mol. The Morgan fingerprint density at radius 2 is 2.21 bits per heavy atom. The maximum Gasteiger partial charge on any atom is 0.0351 e. The number of anilines is 1. The summed E-state index contributed by atoms with van der Waals surface area (Å²) in [7, 11) is 2.16. The molecule has 0 unspecified atom stereocenters. The maximum absolute atomic E-state index is 5.80. The third kappa shape index (κ3) is 1.06. The number of nitrogens with two attached hydrogens (primary N) is 1. The van der Waals surface area contributed by atoms with E-state index in [9.17, 15) is 0 Å². The van der Waals surface area contributed by atoms with Crippen molar-refractivity contribution in [2.24, 2.45) is 0 Å². The summed E-state index contributed by atoms with van der Waals surface area (Å²) >= 11 is 1.90. The van der Waals surface area contributed by atoms with Gasteiger partial charge < -0.3 is 5.73 Å². The minimum Gasteiger partial charge on any atom is -0.399 e. The first-order chi connectivity index (χ1) is 6.74. The van der Waals surface area contributed by atoms with E-state index in [2.05, 4.69) is 24.1 Å². The summed E-state index contributed by atoms with van der Waals surface area (Å²) in [6.07, 6.45) is 0. The van der Waals surface area contributed by atoms with E-state index in [1.54, 1.807) is 0 Å². The Labute approximate surface area is 86.9 Å². The molecule has 72 valence electrons. The summed E-state index contributed by atoms with van der Waals surface area (Å²) in [4.78, 5) is 3.84. The molecular formula is C11H12N2S. The average Bonchev–Trinajstić information content (AvgIpc) is 2.62. The van der Waals surface area contributed by atoms with Gasteiger partial charge in [0.2, 0.25) is 0 Å². The first-order valence-corrected chi connectivity index (χ1v) is 5.54. The summed E-state index contributed by atoms with van der Waals surface area (Å²) in [5, 5.41) is 1.36. The molecule has 0 bridgehead atoms. The van der Waals surface area contributed by atoms with Crippen LogP contribution in [0.15, 0.2) is 18.2 Å². The molecule has 0 spiro atoms. The van der Waals surface area contributed by atoms with Crippen LogP contribution >= 0.6 is 11.3 Å². The van der Waals surface area contributed by atoms with E-state index in [0.29, 0.717) is 0 Å². The van der Waals surface area contributed by atoms with Crippen LogP contribution in [-0.2, 0) is 13.1 Å². The molecule has 2 heterocycles. The number of nitrogens with zero attached hydrogens (tertiary/aromatic N) is 1. The third-order valence-electron chi connectivity index (χ3n) is 2.74. The highest BCUT2D eigenvalue weighted by molar-refractivity contribution is 7.19. The van der Waals surface area contributed by atoms with E-state index in [0.717, 1.165) is 18.8 Å². The van der Waals surface area contributed by atoms with Gasteiger partial charge in [-0.3, -0.25) is 4.90 Å². The van der Waals surface area contributed by atoms with E-state index in [1.807, 2.05) is 17.4 Å². The van der Waals surface area contributed by atoms with Crippen molar-refractivity contribution in [3.8, 4) is 0 Å². The Hall–Kier alpha value is -1.06. The predicted octanol–water partition coefficient (Wildman–Crippen LogP) is 2.43. The number of fused-ring (bicyclic) bond motifs is 3. The number of hydrogen-bond acceptors (Lipinski definition) is 3. The summed E-state index contributed by atoms with van der Waals surface area (Å²) in [5.74, 6) is 0. The van der Waals surface area contributed by atoms with Crippen molar-refractivity contribution in [2.75, 3.05) is 12.8 Å². The molecule has 1 aliphatic heterocycles. The summed E-state index contributed by atoms with van der Waals surface area (Å²) in [5.41, 5.74) is 8.16. The monoisotopic (exact) mass is 204 g/mol. The lowest BCUT2D eigenvalue weighted by atomic mass is 10.1. The molecule has 0 fully saturated rings. The van der Waals surface area contributed by atoms with Crippen LogP contribution in [0.5, 0.6) is 0 Å². The molecule has 3 rings (SSSR count). The second-order valence-corrected chi connectivity index (χ2v) is 5.07. The molecule has 1 aromatic heterocycles. The smallest absolute Gasteiger partial charge is 0.0351 e. The maximum atomic E-state index is 5.80. The molecule has 2 nitrogen and oxygen atoms in total. The Morgan fingerprint density at radius 3 is 3.07 bits per heavy atom. The molecule has 1 aliphatic rings. The first-order valence-electron chi connectivity index (χ1n) is 4.72. The highest BCUT2D eigenvalue weighted by Crippen LogP contribution is 2.37. The van der Waals surface area contributed by atoms with Crippen LogP contribution in [0.25, 0.3) is 10.1 Å². The van der Waals surface area contributed by atoms with Crippen molar-refractivity contribution in [1.29, 1.82) is 0 Å². The van der Waals surface area contributed by atoms with Crippen molar-refractivity contribution in [2.45, 2.75) is 13.1 Å². The first kappa shape index (κ1) is 8.26. The van der Waals surface area contributed by atoms with Gasteiger partial charge in [-0.25, -0.2) is 0 Å². The van der Waals surface area contributed by atoms with E-state index < -0.39 is 0 Å². The Morgan fingerprint density at radius 1 is 1.36 bits per heavy atom. The largest absolute Gasteiger partial charge is 0.399 e. The molecule has 2 N–H and O–H groups in total. The van der Waals surface area contributed by atoms with Gasteiger partial charge in [0.05, 0.1) is 0 Å². The van der Waals surface area contributed by atoms with Gasteiger partial charge in [-0.05, 0) is 36.2 Å². The fraction of sp³-hybridized carbons (Fsp3) is 0.273. The van der Waals surface area contributed by atoms with Crippen molar-refractivity contribution >= 4 is 27.1 Å². The molecule has 0 amide bonds. The van der Waals surface area contributed by atoms with Gasteiger partial charge in [-0.15, -0.1) is 11.3 Å². The lowest BCUT2D eigenvalue weighted by molar-refractivity contribution is 0.355. The number of rotatable bonds is 0. The summed E-state index contributed by atoms with van der Waals surface area (Å²) in [6, 6.07) is 6.22. The minimum absolute atomic E-state index is 0.868. The van der Waals surface area contributed by atoms with Gasteiger partial charge in [0.15, 0.2) is 0 Å². The molecule has 0 saturated heterocycles. The van der Waals surface area contributed by atoms with E-state index >= 15 is 0 Å². The fourth-order valence-electron chi connectivity index (χ4n) is 2.09. The SMILES string of the molecule is CN1Cc2sc3ccc(N)cc3c2C1.